The first kappa shape index (κ1) is 14.6. The lowest BCUT2D eigenvalue weighted by Gasteiger charge is -2.29. The highest BCUT2D eigenvalue weighted by molar-refractivity contribution is 14.1. The Morgan fingerprint density at radius 2 is 1.65 bits per heavy atom. The van der Waals surface area contributed by atoms with Crippen LogP contribution in [0.15, 0.2) is 18.2 Å². The van der Waals surface area contributed by atoms with Gasteiger partial charge in [0.05, 0.1) is 11.4 Å². The molecule has 0 spiro atoms. The van der Waals surface area contributed by atoms with Crippen LogP contribution in [0.5, 0.6) is 0 Å². The highest BCUT2D eigenvalue weighted by atomic mass is 127. The zero-order valence-corrected chi connectivity index (χ0v) is 13.4. The number of anilines is 2. The Bertz CT molecular complexity index is 351. The molecule has 0 aromatic heterocycles. The van der Waals surface area contributed by atoms with E-state index in [9.17, 15) is 0 Å². The van der Waals surface area contributed by atoms with Crippen molar-refractivity contribution in [3.05, 3.63) is 21.8 Å². The van der Waals surface area contributed by atoms with E-state index in [2.05, 4.69) is 67.3 Å². The Morgan fingerprint density at radius 1 is 1.12 bits per heavy atom. The van der Waals surface area contributed by atoms with E-state index >= 15 is 0 Å². The molecule has 2 N–H and O–H groups in total. The molecule has 0 saturated heterocycles. The number of nitrogens with two attached hydrogens (primary N) is 1. The summed E-state index contributed by atoms with van der Waals surface area (Å²) in [7, 11) is 0. The topological polar surface area (TPSA) is 29.3 Å². The SMILES string of the molecule is CC(C)CN(CC(C)C)c1ccc(I)cc1N. The second-order valence-electron chi connectivity index (χ2n) is 5.40. The van der Waals surface area contributed by atoms with Gasteiger partial charge in [0, 0.05) is 16.7 Å². The molecule has 0 amide bonds. The average molecular weight is 346 g/mol. The molecule has 2 nitrogen and oxygen atoms in total. The van der Waals surface area contributed by atoms with E-state index in [1.807, 2.05) is 6.07 Å². The van der Waals surface area contributed by atoms with Gasteiger partial charge >= 0.3 is 0 Å². The van der Waals surface area contributed by atoms with E-state index in [0.29, 0.717) is 11.8 Å². The third kappa shape index (κ3) is 4.74. The van der Waals surface area contributed by atoms with Gasteiger partial charge in [0.15, 0.2) is 0 Å². The number of nitrogens with zero attached hydrogens (tertiary/aromatic N) is 1. The zero-order chi connectivity index (χ0) is 13.0. The monoisotopic (exact) mass is 346 g/mol. The molecule has 0 heterocycles. The van der Waals surface area contributed by atoms with Crippen LogP contribution in [0.2, 0.25) is 0 Å². The minimum atomic E-state index is 0.646. The van der Waals surface area contributed by atoms with Crippen LogP contribution < -0.4 is 10.6 Å². The summed E-state index contributed by atoms with van der Waals surface area (Å²) in [5, 5.41) is 0. The summed E-state index contributed by atoms with van der Waals surface area (Å²) in [6.07, 6.45) is 0. The minimum absolute atomic E-state index is 0.646. The van der Waals surface area contributed by atoms with Crippen LogP contribution in [-0.2, 0) is 0 Å². The van der Waals surface area contributed by atoms with Gasteiger partial charge in [-0.05, 0) is 52.6 Å². The molecule has 0 unspecified atom stereocenters. The molecule has 3 heteroatoms. The van der Waals surface area contributed by atoms with Crippen LogP contribution in [0.3, 0.4) is 0 Å². The fourth-order valence-electron chi connectivity index (χ4n) is 1.97. The van der Waals surface area contributed by atoms with Gasteiger partial charge < -0.3 is 10.6 Å². The average Bonchev–Trinajstić information content (AvgIpc) is 2.14. The molecular formula is C14H23IN2. The molecule has 0 radical (unpaired) electrons. The minimum Gasteiger partial charge on any atom is -0.397 e. The van der Waals surface area contributed by atoms with E-state index in [1.54, 1.807) is 0 Å². The quantitative estimate of drug-likeness (QED) is 0.645. The number of nitrogen functional groups attached to an aromatic ring is 1. The zero-order valence-electron chi connectivity index (χ0n) is 11.2. The smallest absolute Gasteiger partial charge is 0.0600 e. The van der Waals surface area contributed by atoms with Crippen LogP contribution in [-0.4, -0.2) is 13.1 Å². The Kier molecular flexibility index (Phi) is 5.56. The van der Waals surface area contributed by atoms with Crippen molar-refractivity contribution in [1.29, 1.82) is 0 Å². The predicted molar refractivity (Wildman–Crippen MR) is 85.5 cm³/mol. The fourth-order valence-corrected chi connectivity index (χ4v) is 2.48. The normalized spacial score (nSPS) is 11.2. The van der Waals surface area contributed by atoms with E-state index in [4.69, 9.17) is 5.73 Å². The van der Waals surface area contributed by atoms with E-state index in [1.165, 1.54) is 9.26 Å². The summed E-state index contributed by atoms with van der Waals surface area (Å²) < 4.78 is 1.19. The fraction of sp³-hybridized carbons (Fsp3) is 0.571. The van der Waals surface area contributed by atoms with Crippen molar-refractivity contribution < 1.29 is 0 Å². The van der Waals surface area contributed by atoms with Gasteiger partial charge in [0.25, 0.3) is 0 Å². The van der Waals surface area contributed by atoms with E-state index < -0.39 is 0 Å². The van der Waals surface area contributed by atoms with Crippen molar-refractivity contribution in [2.45, 2.75) is 27.7 Å². The third-order valence-electron chi connectivity index (χ3n) is 2.50. The molecular weight excluding hydrogens is 323 g/mol. The van der Waals surface area contributed by atoms with Crippen molar-refractivity contribution in [3.8, 4) is 0 Å². The number of benzene rings is 1. The van der Waals surface area contributed by atoms with Gasteiger partial charge in [-0.3, -0.25) is 0 Å². The maximum Gasteiger partial charge on any atom is 0.0600 e. The van der Waals surface area contributed by atoms with Crippen LogP contribution >= 0.6 is 22.6 Å². The van der Waals surface area contributed by atoms with Gasteiger partial charge in [-0.2, -0.15) is 0 Å². The van der Waals surface area contributed by atoms with Gasteiger partial charge in [-0.25, -0.2) is 0 Å². The maximum absolute atomic E-state index is 6.13. The lowest BCUT2D eigenvalue weighted by atomic mass is 10.1. The molecule has 0 bridgehead atoms. The number of halogens is 1. The number of rotatable bonds is 5. The standard InChI is InChI=1S/C14H23IN2/c1-10(2)8-17(9-11(3)4)14-6-5-12(15)7-13(14)16/h5-7,10-11H,8-9,16H2,1-4H3. The summed E-state index contributed by atoms with van der Waals surface area (Å²) in [5.41, 5.74) is 8.19. The van der Waals surface area contributed by atoms with Crippen molar-refractivity contribution in [1.82, 2.24) is 0 Å². The molecule has 0 atom stereocenters. The molecule has 0 aliphatic carbocycles. The highest BCUT2D eigenvalue weighted by Gasteiger charge is 2.13. The summed E-state index contributed by atoms with van der Waals surface area (Å²) >= 11 is 2.30. The van der Waals surface area contributed by atoms with Crippen molar-refractivity contribution in [2.75, 3.05) is 23.7 Å². The summed E-state index contributed by atoms with van der Waals surface area (Å²) in [4.78, 5) is 2.40. The molecule has 1 aromatic carbocycles. The summed E-state index contributed by atoms with van der Waals surface area (Å²) in [6, 6.07) is 6.31. The van der Waals surface area contributed by atoms with Crippen LogP contribution in [0.1, 0.15) is 27.7 Å². The van der Waals surface area contributed by atoms with E-state index in [0.717, 1.165) is 18.8 Å². The van der Waals surface area contributed by atoms with Crippen molar-refractivity contribution in [3.63, 3.8) is 0 Å². The first-order valence-corrected chi connectivity index (χ1v) is 7.28. The van der Waals surface area contributed by atoms with Gasteiger partial charge in [-0.1, -0.05) is 27.7 Å². The first-order valence-electron chi connectivity index (χ1n) is 6.20. The van der Waals surface area contributed by atoms with Crippen molar-refractivity contribution >= 4 is 34.0 Å². The lowest BCUT2D eigenvalue weighted by molar-refractivity contribution is 0.553. The largest absolute Gasteiger partial charge is 0.397 e. The summed E-state index contributed by atoms with van der Waals surface area (Å²) in [5.74, 6) is 1.29. The summed E-state index contributed by atoms with van der Waals surface area (Å²) in [6.45, 7) is 11.1. The molecule has 0 aliphatic rings. The van der Waals surface area contributed by atoms with Gasteiger partial charge in [0.1, 0.15) is 0 Å². The molecule has 0 aliphatic heterocycles. The maximum atomic E-state index is 6.13. The van der Waals surface area contributed by atoms with E-state index in [-0.39, 0.29) is 0 Å². The molecule has 0 saturated carbocycles. The molecule has 1 aromatic rings. The Labute approximate surface area is 119 Å². The highest BCUT2D eigenvalue weighted by Crippen LogP contribution is 2.26. The van der Waals surface area contributed by atoms with Gasteiger partial charge in [-0.15, -0.1) is 0 Å². The van der Waals surface area contributed by atoms with Crippen LogP contribution in [0.4, 0.5) is 11.4 Å². The molecule has 0 fully saturated rings. The lowest BCUT2D eigenvalue weighted by Crippen LogP contribution is -2.31. The number of hydrogen-bond acceptors (Lipinski definition) is 2. The molecule has 96 valence electrons. The molecule has 1 rings (SSSR count). The van der Waals surface area contributed by atoms with Crippen LogP contribution in [0, 0.1) is 15.4 Å². The predicted octanol–water partition coefficient (Wildman–Crippen LogP) is 3.99. The second kappa shape index (κ2) is 6.47. The molecule has 17 heavy (non-hydrogen) atoms. The Morgan fingerprint density at radius 3 is 2.06 bits per heavy atom. The Balaban J connectivity index is 2.95. The third-order valence-corrected chi connectivity index (χ3v) is 3.17. The Hall–Kier alpha value is -0.450. The second-order valence-corrected chi connectivity index (χ2v) is 6.64. The van der Waals surface area contributed by atoms with Gasteiger partial charge in [0.2, 0.25) is 0 Å². The van der Waals surface area contributed by atoms with Crippen molar-refractivity contribution in [2.24, 2.45) is 11.8 Å². The first-order chi connectivity index (χ1) is 7.90. The number of hydrogen-bond donors (Lipinski definition) is 1. The van der Waals surface area contributed by atoms with Crippen LogP contribution in [0.25, 0.3) is 0 Å².